The zero-order valence-electron chi connectivity index (χ0n) is 8.40. The van der Waals surface area contributed by atoms with E-state index in [-0.39, 0.29) is 5.82 Å². The molecule has 0 atom stereocenters. The summed E-state index contributed by atoms with van der Waals surface area (Å²) in [5, 5.41) is 0. The van der Waals surface area contributed by atoms with Crippen LogP contribution in [0.15, 0.2) is 58.0 Å². The second-order valence-electron chi connectivity index (χ2n) is 3.29. The number of aliphatic imine (C=N–C) groups is 1. The molecule has 0 bridgehead atoms. The van der Waals surface area contributed by atoms with Crippen LogP contribution < -0.4 is 0 Å². The third-order valence-electron chi connectivity index (χ3n) is 2.06. The third-order valence-corrected chi connectivity index (χ3v) is 2.59. The average molecular weight is 278 g/mol. The van der Waals surface area contributed by atoms with Crippen molar-refractivity contribution in [3.63, 3.8) is 0 Å². The Morgan fingerprint density at radius 2 is 1.56 bits per heavy atom. The zero-order chi connectivity index (χ0) is 11.4. The van der Waals surface area contributed by atoms with Crippen LogP contribution in [0.25, 0.3) is 0 Å². The van der Waals surface area contributed by atoms with Crippen molar-refractivity contribution >= 4 is 27.8 Å². The van der Waals surface area contributed by atoms with E-state index in [2.05, 4.69) is 20.9 Å². The zero-order valence-corrected chi connectivity index (χ0v) is 9.99. The lowest BCUT2D eigenvalue weighted by molar-refractivity contribution is 0.628. The van der Waals surface area contributed by atoms with Crippen LogP contribution in [-0.4, -0.2) is 6.21 Å². The fraction of sp³-hybridized carbons (Fsp3) is 0. The van der Waals surface area contributed by atoms with Crippen molar-refractivity contribution < 1.29 is 4.39 Å². The van der Waals surface area contributed by atoms with Crippen molar-refractivity contribution in [1.29, 1.82) is 0 Å². The highest BCUT2D eigenvalue weighted by Crippen LogP contribution is 2.16. The van der Waals surface area contributed by atoms with Crippen molar-refractivity contribution in [1.82, 2.24) is 0 Å². The Bertz CT molecular complexity index is 441. The summed E-state index contributed by atoms with van der Waals surface area (Å²) in [6, 6.07) is 13.9. The van der Waals surface area contributed by atoms with E-state index < -0.39 is 0 Å². The van der Waals surface area contributed by atoms with Crippen LogP contribution in [0, 0.1) is 5.82 Å². The van der Waals surface area contributed by atoms with Gasteiger partial charge in [0.05, 0.1) is 5.69 Å². The number of nitrogens with zero attached hydrogens (tertiary/aromatic N) is 1. The first-order chi connectivity index (χ1) is 7.74. The maximum Gasteiger partial charge on any atom is 0.123 e. The van der Waals surface area contributed by atoms with Gasteiger partial charge in [-0.1, -0.05) is 28.1 Å². The minimum Gasteiger partial charge on any atom is -0.256 e. The predicted molar refractivity (Wildman–Crippen MR) is 67.8 cm³/mol. The van der Waals surface area contributed by atoms with Crippen molar-refractivity contribution in [3.8, 4) is 0 Å². The molecule has 0 aliphatic heterocycles. The van der Waals surface area contributed by atoms with Gasteiger partial charge in [-0.15, -0.1) is 0 Å². The van der Waals surface area contributed by atoms with Crippen LogP contribution in [0.1, 0.15) is 5.56 Å². The fourth-order valence-corrected chi connectivity index (χ4v) is 1.49. The Kier molecular flexibility index (Phi) is 3.47. The third kappa shape index (κ3) is 3.00. The maximum atomic E-state index is 12.6. The first kappa shape index (κ1) is 11.0. The molecule has 0 saturated heterocycles. The second-order valence-corrected chi connectivity index (χ2v) is 4.20. The van der Waals surface area contributed by atoms with E-state index in [0.717, 1.165) is 15.7 Å². The molecule has 80 valence electrons. The SMILES string of the molecule is Fc1ccc(C=Nc2ccc(Br)cc2)cc1. The predicted octanol–water partition coefficient (Wildman–Crippen LogP) is 4.34. The van der Waals surface area contributed by atoms with Crippen LogP contribution >= 0.6 is 15.9 Å². The van der Waals surface area contributed by atoms with Gasteiger partial charge in [-0.05, 0) is 42.0 Å². The molecule has 16 heavy (non-hydrogen) atoms. The van der Waals surface area contributed by atoms with E-state index in [4.69, 9.17) is 0 Å². The topological polar surface area (TPSA) is 12.4 Å². The highest BCUT2D eigenvalue weighted by molar-refractivity contribution is 9.10. The summed E-state index contributed by atoms with van der Waals surface area (Å²) in [6.07, 6.45) is 1.71. The Morgan fingerprint density at radius 1 is 0.938 bits per heavy atom. The van der Waals surface area contributed by atoms with Gasteiger partial charge in [-0.25, -0.2) is 4.39 Å². The summed E-state index contributed by atoms with van der Waals surface area (Å²) in [6.45, 7) is 0. The minimum absolute atomic E-state index is 0.235. The van der Waals surface area contributed by atoms with E-state index in [1.54, 1.807) is 18.3 Å². The second kappa shape index (κ2) is 5.03. The summed E-state index contributed by atoms with van der Waals surface area (Å²) < 4.78 is 13.7. The molecule has 0 N–H and O–H groups in total. The summed E-state index contributed by atoms with van der Waals surface area (Å²) >= 11 is 3.36. The maximum absolute atomic E-state index is 12.6. The van der Waals surface area contributed by atoms with Crippen molar-refractivity contribution in [3.05, 3.63) is 64.4 Å². The van der Waals surface area contributed by atoms with Crippen molar-refractivity contribution in [2.75, 3.05) is 0 Å². The molecule has 0 aliphatic carbocycles. The molecule has 0 heterocycles. The average Bonchev–Trinajstić information content (AvgIpc) is 2.30. The van der Waals surface area contributed by atoms with Gasteiger partial charge in [-0.2, -0.15) is 0 Å². The molecule has 0 amide bonds. The fourth-order valence-electron chi connectivity index (χ4n) is 1.23. The van der Waals surface area contributed by atoms with Gasteiger partial charge in [0.2, 0.25) is 0 Å². The van der Waals surface area contributed by atoms with E-state index >= 15 is 0 Å². The van der Waals surface area contributed by atoms with Crippen LogP contribution in [0.5, 0.6) is 0 Å². The standard InChI is InChI=1S/C13H9BrFN/c14-11-3-7-13(8-4-11)16-9-10-1-5-12(15)6-2-10/h1-9H. The Hall–Kier alpha value is -1.48. The lowest BCUT2D eigenvalue weighted by Crippen LogP contribution is -1.80. The van der Waals surface area contributed by atoms with Gasteiger partial charge < -0.3 is 0 Å². The summed E-state index contributed by atoms with van der Waals surface area (Å²) in [5.41, 5.74) is 1.75. The highest BCUT2D eigenvalue weighted by atomic mass is 79.9. The summed E-state index contributed by atoms with van der Waals surface area (Å²) in [4.78, 5) is 4.28. The first-order valence-electron chi connectivity index (χ1n) is 4.79. The number of hydrogen-bond donors (Lipinski definition) is 0. The molecule has 0 fully saturated rings. The van der Waals surface area contributed by atoms with Crippen LogP contribution in [0.2, 0.25) is 0 Å². The van der Waals surface area contributed by atoms with Gasteiger partial charge in [0.15, 0.2) is 0 Å². The summed E-state index contributed by atoms with van der Waals surface area (Å²) in [5.74, 6) is -0.235. The lowest BCUT2D eigenvalue weighted by atomic mass is 10.2. The first-order valence-corrected chi connectivity index (χ1v) is 5.58. The van der Waals surface area contributed by atoms with Crippen LogP contribution in [-0.2, 0) is 0 Å². The lowest BCUT2D eigenvalue weighted by Gasteiger charge is -1.94. The molecular formula is C13H9BrFN. The normalized spacial score (nSPS) is 10.9. The van der Waals surface area contributed by atoms with E-state index in [9.17, 15) is 4.39 Å². The van der Waals surface area contributed by atoms with Crippen molar-refractivity contribution in [2.45, 2.75) is 0 Å². The highest BCUT2D eigenvalue weighted by Gasteiger charge is 1.91. The Labute approximate surface area is 102 Å². The quantitative estimate of drug-likeness (QED) is 0.725. The molecule has 2 aromatic rings. The largest absolute Gasteiger partial charge is 0.256 e. The summed E-state index contributed by atoms with van der Waals surface area (Å²) in [7, 11) is 0. The number of halogens is 2. The van der Waals surface area contributed by atoms with E-state index in [1.807, 2.05) is 24.3 Å². The Balaban J connectivity index is 2.15. The smallest absolute Gasteiger partial charge is 0.123 e. The number of benzene rings is 2. The molecule has 2 aromatic carbocycles. The van der Waals surface area contributed by atoms with E-state index in [0.29, 0.717) is 0 Å². The molecule has 0 spiro atoms. The monoisotopic (exact) mass is 277 g/mol. The molecule has 0 radical (unpaired) electrons. The van der Waals surface area contributed by atoms with Crippen molar-refractivity contribution in [2.24, 2.45) is 4.99 Å². The van der Waals surface area contributed by atoms with Gasteiger partial charge in [0.1, 0.15) is 5.82 Å². The molecule has 3 heteroatoms. The van der Waals surface area contributed by atoms with Gasteiger partial charge in [0.25, 0.3) is 0 Å². The molecule has 0 unspecified atom stereocenters. The van der Waals surface area contributed by atoms with Crippen LogP contribution in [0.4, 0.5) is 10.1 Å². The number of hydrogen-bond acceptors (Lipinski definition) is 1. The van der Waals surface area contributed by atoms with Gasteiger partial charge in [0, 0.05) is 10.7 Å². The molecule has 0 aliphatic rings. The molecule has 2 rings (SSSR count). The molecule has 1 nitrogen and oxygen atoms in total. The minimum atomic E-state index is -0.235. The molecule has 0 aromatic heterocycles. The van der Waals surface area contributed by atoms with Gasteiger partial charge >= 0.3 is 0 Å². The van der Waals surface area contributed by atoms with Gasteiger partial charge in [-0.3, -0.25) is 4.99 Å². The molecular weight excluding hydrogens is 269 g/mol. The van der Waals surface area contributed by atoms with E-state index in [1.165, 1.54) is 12.1 Å². The van der Waals surface area contributed by atoms with Crippen LogP contribution in [0.3, 0.4) is 0 Å². The Morgan fingerprint density at radius 3 is 2.19 bits per heavy atom. The molecule has 0 saturated carbocycles. The number of rotatable bonds is 2.